The molecule has 8 nitrogen and oxygen atoms in total. The topological polar surface area (TPSA) is 91.7 Å². The number of aromatic amines is 1. The molecular weight excluding hydrogens is 478 g/mol. The van der Waals surface area contributed by atoms with E-state index < -0.39 is 0 Å². The molecule has 2 fully saturated rings. The highest BCUT2D eigenvalue weighted by Gasteiger charge is 2.49. The standard InChI is InChI=1S/C22H25N7OS2.ClH/c1-21-5-6-22(2,27-21)10-15(9-21)28(3)19-25-17-18(31-19)26-20(32-17)29-7-4-13(8-16(29)30)14-11-23-24-12-14;/h4,7-8,11-12,15,27H,5-6,9-10H2,1-3H3,(H,23,24);1H/t15?,21-,22+;. The van der Waals surface area contributed by atoms with Gasteiger partial charge in [-0.05, 0) is 51.2 Å². The van der Waals surface area contributed by atoms with Crippen molar-refractivity contribution in [3.63, 3.8) is 0 Å². The van der Waals surface area contributed by atoms with E-state index in [-0.39, 0.29) is 29.0 Å². The zero-order valence-corrected chi connectivity index (χ0v) is 21.1. The molecule has 0 saturated carbocycles. The van der Waals surface area contributed by atoms with Gasteiger partial charge in [0.05, 0.1) is 6.20 Å². The second-order valence-corrected chi connectivity index (χ2v) is 11.5. The minimum absolute atomic E-state index is 0. The number of aromatic nitrogens is 5. The number of nitrogens with one attached hydrogen (secondary N) is 2. The molecule has 2 aliphatic heterocycles. The van der Waals surface area contributed by atoms with Crippen LogP contribution in [0.2, 0.25) is 0 Å². The fourth-order valence-corrected chi connectivity index (χ4v) is 7.41. The predicted octanol–water partition coefficient (Wildman–Crippen LogP) is 4.22. The van der Waals surface area contributed by atoms with Crippen molar-refractivity contribution in [2.45, 2.75) is 56.7 Å². The van der Waals surface area contributed by atoms with Crippen molar-refractivity contribution >= 4 is 49.9 Å². The Bertz CT molecular complexity index is 1310. The van der Waals surface area contributed by atoms with Crippen molar-refractivity contribution in [1.29, 1.82) is 0 Å². The van der Waals surface area contributed by atoms with E-state index in [0.717, 1.165) is 38.8 Å². The molecule has 2 saturated heterocycles. The minimum Gasteiger partial charge on any atom is -0.348 e. The third kappa shape index (κ3) is 3.88. The largest absolute Gasteiger partial charge is 0.348 e. The number of pyridine rings is 1. The molecule has 6 rings (SSSR count). The smallest absolute Gasteiger partial charge is 0.257 e. The van der Waals surface area contributed by atoms with Crippen LogP contribution in [0.5, 0.6) is 0 Å². The summed E-state index contributed by atoms with van der Waals surface area (Å²) in [6, 6.07) is 3.98. The Morgan fingerprint density at radius 2 is 1.85 bits per heavy atom. The Hall–Kier alpha value is -2.27. The Kier molecular flexibility index (Phi) is 5.39. The Balaban J connectivity index is 0.00000228. The molecule has 11 heteroatoms. The van der Waals surface area contributed by atoms with E-state index in [0.29, 0.717) is 11.2 Å². The van der Waals surface area contributed by atoms with Crippen LogP contribution < -0.4 is 15.8 Å². The number of rotatable bonds is 4. The lowest BCUT2D eigenvalue weighted by molar-refractivity contribution is 0.208. The van der Waals surface area contributed by atoms with Gasteiger partial charge in [0.2, 0.25) is 0 Å². The third-order valence-corrected chi connectivity index (χ3v) is 9.08. The minimum atomic E-state index is -0.117. The van der Waals surface area contributed by atoms with Crippen LogP contribution in [0.3, 0.4) is 0 Å². The SMILES string of the molecule is CN(c1nc2sc(-n3ccc(-c4cn[nH]c4)cc3=O)nc2s1)C1C[C@]2(C)CC[C@](C)(C1)N2.Cl. The van der Waals surface area contributed by atoms with Crippen LogP contribution in [-0.2, 0) is 0 Å². The monoisotopic (exact) mass is 503 g/mol. The highest BCUT2D eigenvalue weighted by molar-refractivity contribution is 7.29. The summed E-state index contributed by atoms with van der Waals surface area (Å²) in [4.78, 5) is 26.4. The number of anilines is 1. The Morgan fingerprint density at radius 1 is 1.12 bits per heavy atom. The van der Waals surface area contributed by atoms with Crippen molar-refractivity contribution in [3.05, 3.63) is 41.1 Å². The fraction of sp³-hybridized carbons (Fsp3) is 0.455. The molecule has 0 amide bonds. The number of hydrogen-bond donors (Lipinski definition) is 2. The van der Waals surface area contributed by atoms with E-state index in [2.05, 4.69) is 41.3 Å². The normalized spacial score (nSPS) is 26.5. The Morgan fingerprint density at radius 3 is 2.48 bits per heavy atom. The number of piperidine rings is 1. The van der Waals surface area contributed by atoms with E-state index in [4.69, 9.17) is 9.97 Å². The lowest BCUT2D eigenvalue weighted by Crippen LogP contribution is -2.58. The summed E-state index contributed by atoms with van der Waals surface area (Å²) in [5, 5.41) is 12.2. The molecule has 0 aromatic carbocycles. The van der Waals surface area contributed by atoms with E-state index in [1.54, 1.807) is 40.6 Å². The molecule has 3 atom stereocenters. The maximum absolute atomic E-state index is 12.7. The molecule has 0 radical (unpaired) electrons. The van der Waals surface area contributed by atoms with Gasteiger partial charge in [0.25, 0.3) is 5.56 Å². The van der Waals surface area contributed by atoms with Gasteiger partial charge < -0.3 is 10.2 Å². The molecule has 2 aliphatic rings. The van der Waals surface area contributed by atoms with Crippen molar-refractivity contribution in [2.24, 2.45) is 0 Å². The van der Waals surface area contributed by atoms with Gasteiger partial charge >= 0.3 is 0 Å². The average molecular weight is 504 g/mol. The van der Waals surface area contributed by atoms with Gasteiger partial charge in [0.1, 0.15) is 0 Å². The Labute approximate surface area is 205 Å². The molecule has 0 spiro atoms. The molecule has 2 bridgehead atoms. The maximum Gasteiger partial charge on any atom is 0.257 e. The number of hydrogen-bond acceptors (Lipinski definition) is 8. The third-order valence-electron chi connectivity index (χ3n) is 6.96. The van der Waals surface area contributed by atoms with Crippen LogP contribution in [0.25, 0.3) is 25.9 Å². The number of nitrogens with zero attached hydrogens (tertiary/aromatic N) is 5. The first-order valence-corrected chi connectivity index (χ1v) is 12.5. The molecule has 33 heavy (non-hydrogen) atoms. The highest BCUT2D eigenvalue weighted by Crippen LogP contribution is 2.45. The van der Waals surface area contributed by atoms with Crippen LogP contribution in [-0.4, -0.2) is 48.9 Å². The lowest BCUT2D eigenvalue weighted by Gasteiger charge is -2.45. The summed E-state index contributed by atoms with van der Waals surface area (Å²) in [5.41, 5.74) is 2.04. The van der Waals surface area contributed by atoms with Gasteiger partial charge in [0, 0.05) is 48.2 Å². The molecule has 1 unspecified atom stereocenters. The first-order valence-electron chi connectivity index (χ1n) is 10.8. The quantitative estimate of drug-likeness (QED) is 0.433. The van der Waals surface area contributed by atoms with Crippen LogP contribution in [0.15, 0.2) is 35.5 Å². The van der Waals surface area contributed by atoms with E-state index >= 15 is 0 Å². The second kappa shape index (κ2) is 7.90. The molecule has 4 aromatic rings. The van der Waals surface area contributed by atoms with Crippen molar-refractivity contribution in [3.8, 4) is 16.3 Å². The zero-order valence-electron chi connectivity index (χ0n) is 18.7. The van der Waals surface area contributed by atoms with Gasteiger partial charge in [-0.15, -0.1) is 12.4 Å². The summed E-state index contributed by atoms with van der Waals surface area (Å²) in [6.07, 6.45) is 9.97. The average Bonchev–Trinajstić information content (AvgIpc) is 3.50. The van der Waals surface area contributed by atoms with E-state index in [1.165, 1.54) is 24.2 Å². The zero-order chi connectivity index (χ0) is 22.1. The summed E-state index contributed by atoms with van der Waals surface area (Å²) in [5.74, 6) is 0. The summed E-state index contributed by atoms with van der Waals surface area (Å²) >= 11 is 3.07. The number of thiazole rings is 2. The molecular formula is C22H26ClN7OS2. The van der Waals surface area contributed by atoms with Crippen molar-refractivity contribution in [2.75, 3.05) is 11.9 Å². The number of fused-ring (bicyclic) bond motifs is 3. The molecule has 2 N–H and O–H groups in total. The van der Waals surface area contributed by atoms with Crippen molar-refractivity contribution < 1.29 is 0 Å². The van der Waals surface area contributed by atoms with Gasteiger partial charge in [-0.2, -0.15) is 5.10 Å². The van der Waals surface area contributed by atoms with Crippen LogP contribution in [0, 0.1) is 0 Å². The second-order valence-electron chi connectivity index (χ2n) is 9.63. The molecule has 6 heterocycles. The number of H-pyrrole nitrogens is 1. The van der Waals surface area contributed by atoms with Crippen LogP contribution >= 0.6 is 35.1 Å². The first-order chi connectivity index (χ1) is 15.3. The number of halogens is 1. The summed E-state index contributed by atoms with van der Waals surface area (Å²) < 4.78 is 1.58. The molecule has 174 valence electrons. The fourth-order valence-electron chi connectivity index (χ4n) is 5.35. The van der Waals surface area contributed by atoms with Crippen molar-refractivity contribution in [1.82, 2.24) is 30.0 Å². The van der Waals surface area contributed by atoms with Gasteiger partial charge in [-0.3, -0.25) is 14.5 Å². The van der Waals surface area contributed by atoms with Gasteiger partial charge in [-0.25, -0.2) is 9.97 Å². The summed E-state index contributed by atoms with van der Waals surface area (Å²) in [6.45, 7) is 4.70. The predicted molar refractivity (Wildman–Crippen MR) is 136 cm³/mol. The van der Waals surface area contributed by atoms with Gasteiger partial charge in [0.15, 0.2) is 19.9 Å². The van der Waals surface area contributed by atoms with Gasteiger partial charge in [-0.1, -0.05) is 22.7 Å². The van der Waals surface area contributed by atoms with E-state index in [9.17, 15) is 4.79 Å². The van der Waals surface area contributed by atoms with Crippen LogP contribution in [0.4, 0.5) is 5.13 Å². The summed E-state index contributed by atoms with van der Waals surface area (Å²) in [7, 11) is 2.16. The lowest BCUT2D eigenvalue weighted by atomic mass is 9.84. The highest BCUT2D eigenvalue weighted by atomic mass is 35.5. The van der Waals surface area contributed by atoms with E-state index in [1.807, 2.05) is 6.07 Å². The molecule has 0 aliphatic carbocycles. The maximum atomic E-state index is 12.7. The first kappa shape index (κ1) is 22.5. The molecule has 4 aromatic heterocycles. The van der Waals surface area contributed by atoms with Crippen LogP contribution in [0.1, 0.15) is 39.5 Å².